The number of aromatic nitrogens is 2. The fourth-order valence-corrected chi connectivity index (χ4v) is 1.51. The zero-order chi connectivity index (χ0) is 9.68. The van der Waals surface area contributed by atoms with Crippen molar-refractivity contribution in [3.8, 4) is 0 Å². The van der Waals surface area contributed by atoms with E-state index < -0.39 is 0 Å². The zero-order valence-electron chi connectivity index (χ0n) is 8.75. The molecule has 1 unspecified atom stereocenters. The highest BCUT2D eigenvalue weighted by atomic mass is 15.2. The van der Waals surface area contributed by atoms with Gasteiger partial charge in [-0.3, -0.25) is 4.68 Å². The molecule has 13 heavy (non-hydrogen) atoms. The van der Waals surface area contributed by atoms with E-state index in [1.54, 1.807) is 0 Å². The van der Waals surface area contributed by atoms with Gasteiger partial charge in [-0.25, -0.2) is 0 Å². The van der Waals surface area contributed by atoms with Gasteiger partial charge in [0.05, 0.1) is 6.20 Å². The molecule has 3 nitrogen and oxygen atoms in total. The van der Waals surface area contributed by atoms with Crippen LogP contribution in [-0.4, -0.2) is 16.8 Å². The molecule has 0 saturated carbocycles. The molecule has 0 aliphatic rings. The maximum absolute atomic E-state index is 4.17. The van der Waals surface area contributed by atoms with Crippen LogP contribution in [0, 0.1) is 0 Å². The summed E-state index contributed by atoms with van der Waals surface area (Å²) in [7, 11) is 3.96. The van der Waals surface area contributed by atoms with Gasteiger partial charge in [0, 0.05) is 24.8 Å². The van der Waals surface area contributed by atoms with Gasteiger partial charge in [-0.05, 0) is 13.5 Å². The first-order valence-corrected chi connectivity index (χ1v) is 4.93. The molecule has 3 heteroatoms. The predicted molar refractivity (Wildman–Crippen MR) is 54.5 cm³/mol. The molecule has 1 atom stereocenters. The van der Waals surface area contributed by atoms with E-state index in [1.807, 2.05) is 25.0 Å². The van der Waals surface area contributed by atoms with Crippen molar-refractivity contribution < 1.29 is 0 Å². The number of aryl methyl sites for hydroxylation is 1. The average Bonchev–Trinajstić information content (AvgIpc) is 2.54. The lowest BCUT2D eigenvalue weighted by Gasteiger charge is -2.13. The molecule has 0 amide bonds. The SMILES string of the molecule is CCCCC(NC)c1cnn(C)c1. The lowest BCUT2D eigenvalue weighted by Crippen LogP contribution is -2.15. The van der Waals surface area contributed by atoms with E-state index in [4.69, 9.17) is 0 Å². The summed E-state index contributed by atoms with van der Waals surface area (Å²) >= 11 is 0. The van der Waals surface area contributed by atoms with E-state index in [0.29, 0.717) is 6.04 Å². The largest absolute Gasteiger partial charge is 0.313 e. The summed E-state index contributed by atoms with van der Waals surface area (Å²) in [4.78, 5) is 0. The number of nitrogens with one attached hydrogen (secondary N) is 1. The third-order valence-electron chi connectivity index (χ3n) is 2.32. The number of nitrogens with zero attached hydrogens (tertiary/aromatic N) is 2. The van der Waals surface area contributed by atoms with Crippen molar-refractivity contribution in [2.24, 2.45) is 7.05 Å². The Bertz CT molecular complexity index is 242. The van der Waals surface area contributed by atoms with Crippen LogP contribution in [0.25, 0.3) is 0 Å². The Morgan fingerprint density at radius 3 is 2.85 bits per heavy atom. The third-order valence-corrected chi connectivity index (χ3v) is 2.32. The molecule has 0 fully saturated rings. The van der Waals surface area contributed by atoms with E-state index in [2.05, 4.69) is 23.5 Å². The summed E-state index contributed by atoms with van der Waals surface area (Å²) in [6.07, 6.45) is 7.73. The molecule has 0 spiro atoms. The van der Waals surface area contributed by atoms with Crippen molar-refractivity contribution in [1.82, 2.24) is 15.1 Å². The summed E-state index contributed by atoms with van der Waals surface area (Å²) in [6.45, 7) is 2.22. The van der Waals surface area contributed by atoms with Crippen LogP contribution >= 0.6 is 0 Å². The second kappa shape index (κ2) is 5.02. The lowest BCUT2D eigenvalue weighted by atomic mass is 10.1. The number of rotatable bonds is 5. The van der Waals surface area contributed by atoms with E-state index in [-0.39, 0.29) is 0 Å². The fourth-order valence-electron chi connectivity index (χ4n) is 1.51. The normalized spacial score (nSPS) is 13.2. The Morgan fingerprint density at radius 1 is 1.62 bits per heavy atom. The van der Waals surface area contributed by atoms with Crippen molar-refractivity contribution in [2.45, 2.75) is 32.2 Å². The Balaban J connectivity index is 2.56. The van der Waals surface area contributed by atoms with Crippen LogP contribution < -0.4 is 5.32 Å². The fraction of sp³-hybridized carbons (Fsp3) is 0.700. The number of hydrogen-bond donors (Lipinski definition) is 1. The first-order valence-electron chi connectivity index (χ1n) is 4.93. The molecule has 1 rings (SSSR count). The standard InChI is InChI=1S/C10H19N3/c1-4-5-6-10(11-2)9-7-12-13(3)8-9/h7-8,10-11H,4-6H2,1-3H3. The summed E-state index contributed by atoms with van der Waals surface area (Å²) in [5.41, 5.74) is 1.29. The van der Waals surface area contributed by atoms with Gasteiger partial charge in [0.1, 0.15) is 0 Å². The van der Waals surface area contributed by atoms with Crippen molar-refractivity contribution in [3.63, 3.8) is 0 Å². The van der Waals surface area contributed by atoms with Gasteiger partial charge in [-0.1, -0.05) is 19.8 Å². The molecule has 1 N–H and O–H groups in total. The molecule has 0 bridgehead atoms. The molecule has 0 radical (unpaired) electrons. The minimum Gasteiger partial charge on any atom is -0.313 e. The monoisotopic (exact) mass is 181 g/mol. The van der Waals surface area contributed by atoms with Crippen LogP contribution in [0.4, 0.5) is 0 Å². The van der Waals surface area contributed by atoms with Crippen molar-refractivity contribution in [2.75, 3.05) is 7.05 Å². The Hall–Kier alpha value is -0.830. The Labute approximate surface area is 80.1 Å². The third kappa shape index (κ3) is 2.84. The maximum atomic E-state index is 4.17. The van der Waals surface area contributed by atoms with E-state index in [0.717, 1.165) is 0 Å². The van der Waals surface area contributed by atoms with Crippen molar-refractivity contribution in [3.05, 3.63) is 18.0 Å². The van der Waals surface area contributed by atoms with Gasteiger partial charge < -0.3 is 5.32 Å². The minimum atomic E-state index is 0.466. The van der Waals surface area contributed by atoms with Gasteiger partial charge in [-0.15, -0.1) is 0 Å². The number of unbranched alkanes of at least 4 members (excludes halogenated alkanes) is 1. The van der Waals surface area contributed by atoms with Gasteiger partial charge in [0.25, 0.3) is 0 Å². The molecule has 1 aromatic rings. The van der Waals surface area contributed by atoms with E-state index in [9.17, 15) is 0 Å². The number of hydrogen-bond acceptors (Lipinski definition) is 2. The van der Waals surface area contributed by atoms with Crippen LogP contribution in [0.5, 0.6) is 0 Å². The molecule has 0 aromatic carbocycles. The second-order valence-corrected chi connectivity index (χ2v) is 3.43. The quantitative estimate of drug-likeness (QED) is 0.751. The second-order valence-electron chi connectivity index (χ2n) is 3.43. The first kappa shape index (κ1) is 10.3. The summed E-state index contributed by atoms with van der Waals surface area (Å²) in [6, 6.07) is 0.466. The molecular weight excluding hydrogens is 162 g/mol. The van der Waals surface area contributed by atoms with Gasteiger partial charge in [-0.2, -0.15) is 5.10 Å². The Kier molecular flexibility index (Phi) is 3.96. The van der Waals surface area contributed by atoms with Crippen LogP contribution in [0.1, 0.15) is 37.8 Å². The van der Waals surface area contributed by atoms with E-state index >= 15 is 0 Å². The minimum absolute atomic E-state index is 0.466. The van der Waals surface area contributed by atoms with Gasteiger partial charge >= 0.3 is 0 Å². The van der Waals surface area contributed by atoms with E-state index in [1.165, 1.54) is 24.8 Å². The summed E-state index contributed by atoms with van der Waals surface area (Å²) in [5.74, 6) is 0. The molecule has 74 valence electrons. The molecule has 0 saturated heterocycles. The molecular formula is C10H19N3. The first-order chi connectivity index (χ1) is 6.27. The van der Waals surface area contributed by atoms with Gasteiger partial charge in [0.15, 0.2) is 0 Å². The lowest BCUT2D eigenvalue weighted by molar-refractivity contribution is 0.522. The molecule has 1 aromatic heterocycles. The Morgan fingerprint density at radius 2 is 2.38 bits per heavy atom. The predicted octanol–water partition coefficient (Wildman–Crippen LogP) is 1.87. The topological polar surface area (TPSA) is 29.9 Å². The van der Waals surface area contributed by atoms with Crippen molar-refractivity contribution >= 4 is 0 Å². The summed E-state index contributed by atoms with van der Waals surface area (Å²) < 4.78 is 1.85. The maximum Gasteiger partial charge on any atom is 0.0537 e. The molecule has 0 aliphatic carbocycles. The molecule has 1 heterocycles. The average molecular weight is 181 g/mol. The van der Waals surface area contributed by atoms with Gasteiger partial charge in [0.2, 0.25) is 0 Å². The van der Waals surface area contributed by atoms with Crippen molar-refractivity contribution in [1.29, 1.82) is 0 Å². The molecule has 0 aliphatic heterocycles. The van der Waals surface area contributed by atoms with Crippen LogP contribution in [-0.2, 0) is 7.05 Å². The van der Waals surface area contributed by atoms with Crippen LogP contribution in [0.15, 0.2) is 12.4 Å². The highest BCUT2D eigenvalue weighted by Crippen LogP contribution is 2.17. The highest BCUT2D eigenvalue weighted by Gasteiger charge is 2.09. The van der Waals surface area contributed by atoms with Crippen LogP contribution in [0.2, 0.25) is 0 Å². The zero-order valence-corrected chi connectivity index (χ0v) is 8.75. The summed E-state index contributed by atoms with van der Waals surface area (Å²) in [5, 5.41) is 7.48. The van der Waals surface area contributed by atoms with Crippen LogP contribution in [0.3, 0.4) is 0 Å². The highest BCUT2D eigenvalue weighted by molar-refractivity contribution is 5.09. The smallest absolute Gasteiger partial charge is 0.0537 e.